The maximum absolute atomic E-state index is 11.8. The lowest BCUT2D eigenvalue weighted by Crippen LogP contribution is -2.16. The van der Waals surface area contributed by atoms with Crippen LogP contribution in [0.5, 0.6) is 0 Å². The van der Waals surface area contributed by atoms with Gasteiger partial charge in [0.25, 0.3) is 0 Å². The summed E-state index contributed by atoms with van der Waals surface area (Å²) in [6, 6.07) is 7.12. The molecule has 0 N–H and O–H groups in total. The molecule has 0 spiro atoms. The Kier molecular flexibility index (Phi) is 4.68. The van der Waals surface area contributed by atoms with Crippen LogP contribution < -0.4 is 0 Å². The largest absolute Gasteiger partial charge is 0.469 e. The maximum Gasteiger partial charge on any atom is 0.308 e. The molecule has 0 aliphatic heterocycles. The first kappa shape index (κ1) is 12.9. The van der Waals surface area contributed by atoms with Crippen molar-refractivity contribution in [3.05, 3.63) is 34.3 Å². The molecule has 86 valence electrons. The number of halogens is 1. The summed E-state index contributed by atoms with van der Waals surface area (Å²) >= 11 is 3.30. The molecular weight excluding hydrogens is 272 g/mol. The molecule has 16 heavy (non-hydrogen) atoms. The molecule has 1 unspecified atom stereocenters. The van der Waals surface area contributed by atoms with E-state index in [1.807, 2.05) is 6.07 Å². The van der Waals surface area contributed by atoms with Crippen LogP contribution in [-0.2, 0) is 9.53 Å². The SMILES string of the molecule is COC(=O)C(C)CC(=O)c1cccc(Br)c1. The van der Waals surface area contributed by atoms with Crippen LogP contribution in [0.2, 0.25) is 0 Å². The Labute approximate surface area is 103 Å². The summed E-state index contributed by atoms with van der Waals surface area (Å²) in [4.78, 5) is 23.0. The van der Waals surface area contributed by atoms with E-state index < -0.39 is 5.92 Å². The molecule has 0 saturated heterocycles. The van der Waals surface area contributed by atoms with E-state index in [1.165, 1.54) is 7.11 Å². The van der Waals surface area contributed by atoms with Crippen LogP contribution in [-0.4, -0.2) is 18.9 Å². The molecular formula is C12H13BrO3. The number of carbonyl (C=O) groups is 2. The van der Waals surface area contributed by atoms with Crippen LogP contribution in [0.15, 0.2) is 28.7 Å². The second kappa shape index (κ2) is 5.80. The summed E-state index contributed by atoms with van der Waals surface area (Å²) in [5, 5.41) is 0. The smallest absolute Gasteiger partial charge is 0.308 e. The number of Topliss-reactive ketones (excluding diaryl/α,β-unsaturated/α-hetero) is 1. The Morgan fingerprint density at radius 2 is 2.12 bits per heavy atom. The summed E-state index contributed by atoms with van der Waals surface area (Å²) in [7, 11) is 1.32. The van der Waals surface area contributed by atoms with E-state index in [9.17, 15) is 9.59 Å². The predicted octanol–water partition coefficient (Wildman–Crippen LogP) is 2.83. The highest BCUT2D eigenvalue weighted by Gasteiger charge is 2.18. The molecule has 1 atom stereocenters. The van der Waals surface area contributed by atoms with Gasteiger partial charge in [-0.3, -0.25) is 9.59 Å². The Bertz CT molecular complexity index is 401. The molecule has 0 aromatic heterocycles. The third-order valence-electron chi connectivity index (χ3n) is 2.24. The third-order valence-corrected chi connectivity index (χ3v) is 2.73. The van der Waals surface area contributed by atoms with Crippen molar-refractivity contribution < 1.29 is 14.3 Å². The first-order valence-corrected chi connectivity index (χ1v) is 5.70. The highest BCUT2D eigenvalue weighted by atomic mass is 79.9. The van der Waals surface area contributed by atoms with E-state index >= 15 is 0 Å². The Morgan fingerprint density at radius 3 is 2.69 bits per heavy atom. The fourth-order valence-corrected chi connectivity index (χ4v) is 1.74. The van der Waals surface area contributed by atoms with Crippen LogP contribution >= 0.6 is 15.9 Å². The molecule has 0 saturated carbocycles. The molecule has 3 nitrogen and oxygen atoms in total. The molecule has 0 radical (unpaired) electrons. The van der Waals surface area contributed by atoms with Crippen molar-refractivity contribution in [1.82, 2.24) is 0 Å². The first-order valence-electron chi connectivity index (χ1n) is 4.91. The lowest BCUT2D eigenvalue weighted by atomic mass is 10.00. The van der Waals surface area contributed by atoms with Gasteiger partial charge in [0.05, 0.1) is 13.0 Å². The number of hydrogen-bond acceptors (Lipinski definition) is 3. The Morgan fingerprint density at radius 1 is 1.44 bits per heavy atom. The maximum atomic E-state index is 11.8. The van der Waals surface area contributed by atoms with Gasteiger partial charge in [-0.15, -0.1) is 0 Å². The monoisotopic (exact) mass is 284 g/mol. The minimum absolute atomic E-state index is 0.0563. The minimum atomic E-state index is -0.406. The number of hydrogen-bond donors (Lipinski definition) is 0. The zero-order valence-corrected chi connectivity index (χ0v) is 10.8. The van der Waals surface area contributed by atoms with Gasteiger partial charge in [0.1, 0.15) is 0 Å². The number of ether oxygens (including phenoxy) is 1. The van der Waals surface area contributed by atoms with E-state index in [0.29, 0.717) is 5.56 Å². The van der Waals surface area contributed by atoms with Gasteiger partial charge in [0.15, 0.2) is 5.78 Å². The van der Waals surface area contributed by atoms with Crippen LogP contribution in [0.4, 0.5) is 0 Å². The summed E-state index contributed by atoms with van der Waals surface area (Å²) in [5.74, 6) is -0.820. The van der Waals surface area contributed by atoms with Gasteiger partial charge >= 0.3 is 5.97 Å². The molecule has 0 aliphatic carbocycles. The Balaban J connectivity index is 2.69. The van der Waals surface area contributed by atoms with Crippen LogP contribution in [0, 0.1) is 5.92 Å². The van der Waals surface area contributed by atoms with Crippen molar-refractivity contribution >= 4 is 27.7 Å². The molecule has 0 bridgehead atoms. The van der Waals surface area contributed by atoms with E-state index in [4.69, 9.17) is 0 Å². The summed E-state index contributed by atoms with van der Waals surface area (Å²) in [6.07, 6.45) is 0.170. The topological polar surface area (TPSA) is 43.4 Å². The van der Waals surface area contributed by atoms with E-state index in [-0.39, 0.29) is 18.2 Å². The van der Waals surface area contributed by atoms with E-state index in [1.54, 1.807) is 25.1 Å². The van der Waals surface area contributed by atoms with Gasteiger partial charge in [-0.2, -0.15) is 0 Å². The quantitative estimate of drug-likeness (QED) is 0.631. The summed E-state index contributed by atoms with van der Waals surface area (Å²) in [5.41, 5.74) is 0.602. The van der Waals surface area contributed by atoms with E-state index in [2.05, 4.69) is 20.7 Å². The molecule has 1 aromatic carbocycles. The van der Waals surface area contributed by atoms with Gasteiger partial charge in [-0.1, -0.05) is 35.0 Å². The second-order valence-corrected chi connectivity index (χ2v) is 4.48. The third kappa shape index (κ3) is 3.45. The average molecular weight is 285 g/mol. The number of methoxy groups -OCH3 is 1. The number of carbonyl (C=O) groups excluding carboxylic acids is 2. The van der Waals surface area contributed by atoms with Gasteiger partial charge in [0.2, 0.25) is 0 Å². The van der Waals surface area contributed by atoms with E-state index in [0.717, 1.165) is 4.47 Å². The number of rotatable bonds is 4. The molecule has 0 fully saturated rings. The fraction of sp³-hybridized carbons (Fsp3) is 0.333. The number of ketones is 1. The highest BCUT2D eigenvalue weighted by molar-refractivity contribution is 9.10. The fourth-order valence-electron chi connectivity index (χ4n) is 1.34. The van der Waals surface area contributed by atoms with Crippen molar-refractivity contribution in [1.29, 1.82) is 0 Å². The molecule has 4 heteroatoms. The molecule has 0 aliphatic rings. The van der Waals surface area contributed by atoms with Crippen molar-refractivity contribution in [3.63, 3.8) is 0 Å². The van der Waals surface area contributed by atoms with Crippen molar-refractivity contribution in [3.8, 4) is 0 Å². The Hall–Kier alpha value is -1.16. The normalized spacial score (nSPS) is 11.9. The highest BCUT2D eigenvalue weighted by Crippen LogP contribution is 2.15. The molecule has 1 rings (SSSR count). The predicted molar refractivity (Wildman–Crippen MR) is 64.3 cm³/mol. The van der Waals surface area contributed by atoms with Crippen LogP contribution in [0.3, 0.4) is 0 Å². The first-order chi connectivity index (χ1) is 7.54. The van der Waals surface area contributed by atoms with Gasteiger partial charge in [-0.05, 0) is 12.1 Å². The van der Waals surface area contributed by atoms with Gasteiger partial charge in [0, 0.05) is 16.5 Å². The summed E-state index contributed by atoms with van der Waals surface area (Å²) < 4.78 is 5.42. The standard InChI is InChI=1S/C12H13BrO3/c1-8(12(15)16-2)6-11(14)9-4-3-5-10(13)7-9/h3-5,7-8H,6H2,1-2H3. The van der Waals surface area contributed by atoms with Crippen LogP contribution in [0.1, 0.15) is 23.7 Å². The van der Waals surface area contributed by atoms with Gasteiger partial charge < -0.3 is 4.74 Å². The molecule has 0 amide bonds. The average Bonchev–Trinajstić information content (AvgIpc) is 2.27. The number of esters is 1. The van der Waals surface area contributed by atoms with Crippen molar-refractivity contribution in [2.45, 2.75) is 13.3 Å². The second-order valence-electron chi connectivity index (χ2n) is 3.56. The number of benzene rings is 1. The zero-order chi connectivity index (χ0) is 12.1. The minimum Gasteiger partial charge on any atom is -0.469 e. The zero-order valence-electron chi connectivity index (χ0n) is 9.20. The van der Waals surface area contributed by atoms with Crippen molar-refractivity contribution in [2.24, 2.45) is 5.92 Å². The summed E-state index contributed by atoms with van der Waals surface area (Å²) in [6.45, 7) is 1.68. The lowest BCUT2D eigenvalue weighted by molar-refractivity contribution is -0.144. The lowest BCUT2D eigenvalue weighted by Gasteiger charge is -2.08. The molecule has 0 heterocycles. The molecule has 1 aromatic rings. The van der Waals surface area contributed by atoms with Crippen LogP contribution in [0.25, 0.3) is 0 Å². The van der Waals surface area contributed by atoms with Gasteiger partial charge in [-0.25, -0.2) is 0 Å². The van der Waals surface area contributed by atoms with Crippen molar-refractivity contribution in [2.75, 3.05) is 7.11 Å².